The first-order chi connectivity index (χ1) is 11.6. The van der Waals surface area contributed by atoms with E-state index < -0.39 is 6.10 Å². The Labute approximate surface area is 142 Å². The number of ether oxygens (including phenoxy) is 2. The van der Waals surface area contributed by atoms with Gasteiger partial charge in [0.2, 0.25) is 6.10 Å². The molecule has 2 aliphatic heterocycles. The van der Waals surface area contributed by atoms with E-state index in [9.17, 15) is 4.79 Å². The molecule has 0 spiro atoms. The summed E-state index contributed by atoms with van der Waals surface area (Å²) in [5.74, 6) is 1.30. The predicted octanol–water partition coefficient (Wildman–Crippen LogP) is 3.58. The Morgan fingerprint density at radius 3 is 2.46 bits per heavy atom. The summed E-state index contributed by atoms with van der Waals surface area (Å²) in [6.45, 7) is 3.98. The van der Waals surface area contributed by atoms with Crippen LogP contribution in [-0.4, -0.2) is 24.2 Å². The number of fused-ring (bicyclic) bond motifs is 2. The fourth-order valence-electron chi connectivity index (χ4n) is 3.55. The minimum atomic E-state index is -0.631. The van der Waals surface area contributed by atoms with Gasteiger partial charge in [-0.25, -0.2) is 0 Å². The molecule has 0 aromatic heterocycles. The van der Waals surface area contributed by atoms with Gasteiger partial charge in [0.05, 0.1) is 0 Å². The van der Waals surface area contributed by atoms with Gasteiger partial charge >= 0.3 is 0 Å². The van der Waals surface area contributed by atoms with Crippen molar-refractivity contribution < 1.29 is 14.3 Å². The van der Waals surface area contributed by atoms with Gasteiger partial charge in [-0.05, 0) is 50.5 Å². The molecule has 1 amide bonds. The van der Waals surface area contributed by atoms with Crippen molar-refractivity contribution in [3.05, 3.63) is 54.1 Å². The first kappa shape index (κ1) is 15.1. The zero-order valence-electron chi connectivity index (χ0n) is 13.9. The molecular formula is C20H21NO3. The molecule has 2 aliphatic rings. The Balaban J connectivity index is 1.67. The van der Waals surface area contributed by atoms with E-state index in [0.29, 0.717) is 11.5 Å². The standard InChI is InChI=1S/C20H21NO3/c1-13-11-12-15-7-3-4-8-16(15)21(13)20(22)19-14(2)23-17-9-5-6-10-18(17)24-19/h3-10,13-14,19H,11-12H2,1-2H3. The van der Waals surface area contributed by atoms with Crippen LogP contribution < -0.4 is 14.4 Å². The highest BCUT2D eigenvalue weighted by atomic mass is 16.6. The lowest BCUT2D eigenvalue weighted by molar-refractivity contribution is -0.131. The van der Waals surface area contributed by atoms with Crippen LogP contribution in [0.2, 0.25) is 0 Å². The predicted molar refractivity (Wildman–Crippen MR) is 92.7 cm³/mol. The van der Waals surface area contributed by atoms with Crippen LogP contribution in [0.3, 0.4) is 0 Å². The summed E-state index contributed by atoms with van der Waals surface area (Å²) in [7, 11) is 0. The minimum absolute atomic E-state index is 0.0309. The molecule has 3 unspecified atom stereocenters. The van der Waals surface area contributed by atoms with Gasteiger partial charge in [-0.1, -0.05) is 30.3 Å². The van der Waals surface area contributed by atoms with Crippen molar-refractivity contribution in [2.45, 2.75) is 44.9 Å². The van der Waals surface area contributed by atoms with Gasteiger partial charge in [-0.2, -0.15) is 0 Å². The van der Waals surface area contributed by atoms with Crippen molar-refractivity contribution in [1.82, 2.24) is 0 Å². The molecule has 24 heavy (non-hydrogen) atoms. The number of aryl methyl sites for hydroxylation is 1. The second-order valence-corrected chi connectivity index (χ2v) is 6.53. The van der Waals surface area contributed by atoms with Crippen molar-refractivity contribution in [2.75, 3.05) is 4.90 Å². The lowest BCUT2D eigenvalue weighted by atomic mass is 9.95. The molecule has 0 saturated carbocycles. The number of benzene rings is 2. The molecule has 2 heterocycles. The average Bonchev–Trinajstić information content (AvgIpc) is 2.60. The van der Waals surface area contributed by atoms with Crippen molar-refractivity contribution in [3.63, 3.8) is 0 Å². The van der Waals surface area contributed by atoms with Gasteiger partial charge in [-0.3, -0.25) is 4.79 Å². The van der Waals surface area contributed by atoms with Crippen LogP contribution in [0.25, 0.3) is 0 Å². The van der Waals surface area contributed by atoms with Crippen LogP contribution >= 0.6 is 0 Å². The zero-order chi connectivity index (χ0) is 16.7. The quantitative estimate of drug-likeness (QED) is 0.805. The smallest absolute Gasteiger partial charge is 0.272 e. The average molecular weight is 323 g/mol. The summed E-state index contributed by atoms with van der Waals surface area (Å²) < 4.78 is 11.9. The van der Waals surface area contributed by atoms with Crippen molar-refractivity contribution in [3.8, 4) is 11.5 Å². The van der Waals surface area contributed by atoms with E-state index in [-0.39, 0.29) is 18.1 Å². The van der Waals surface area contributed by atoms with Crippen molar-refractivity contribution >= 4 is 11.6 Å². The number of anilines is 1. The molecule has 3 atom stereocenters. The van der Waals surface area contributed by atoms with Crippen LogP contribution in [0.15, 0.2) is 48.5 Å². The van der Waals surface area contributed by atoms with Gasteiger partial charge in [0.25, 0.3) is 5.91 Å². The van der Waals surface area contributed by atoms with Crippen LogP contribution in [0.4, 0.5) is 5.69 Å². The Bertz CT molecular complexity index is 773. The largest absolute Gasteiger partial charge is 0.482 e. The summed E-state index contributed by atoms with van der Waals surface area (Å²) in [5.41, 5.74) is 2.21. The van der Waals surface area contributed by atoms with Gasteiger partial charge in [0.15, 0.2) is 11.5 Å². The van der Waals surface area contributed by atoms with Gasteiger partial charge in [0.1, 0.15) is 6.10 Å². The van der Waals surface area contributed by atoms with Gasteiger partial charge in [-0.15, -0.1) is 0 Å². The SMILES string of the molecule is CC1Oc2ccccc2OC1C(=O)N1c2ccccc2CCC1C. The Morgan fingerprint density at radius 1 is 1.00 bits per heavy atom. The number of hydrogen-bond donors (Lipinski definition) is 0. The molecule has 4 rings (SSSR count). The van der Waals surface area contributed by atoms with Crippen LogP contribution in [-0.2, 0) is 11.2 Å². The van der Waals surface area contributed by atoms with E-state index in [1.807, 2.05) is 54.3 Å². The van der Waals surface area contributed by atoms with Crippen LogP contribution in [0, 0.1) is 0 Å². The molecule has 0 N–H and O–H groups in total. The van der Waals surface area contributed by atoms with E-state index in [1.54, 1.807) is 0 Å². The van der Waals surface area contributed by atoms with Crippen molar-refractivity contribution in [2.24, 2.45) is 0 Å². The third-order valence-corrected chi connectivity index (χ3v) is 4.85. The number of nitrogens with zero attached hydrogens (tertiary/aromatic N) is 1. The summed E-state index contributed by atoms with van der Waals surface area (Å²) in [4.78, 5) is 15.2. The molecule has 0 aliphatic carbocycles. The second kappa shape index (κ2) is 5.86. The maximum absolute atomic E-state index is 13.3. The third kappa shape index (κ3) is 2.42. The van der Waals surface area contributed by atoms with Crippen LogP contribution in [0.5, 0.6) is 11.5 Å². The van der Waals surface area contributed by atoms with E-state index in [2.05, 4.69) is 13.0 Å². The first-order valence-electron chi connectivity index (χ1n) is 8.48. The monoisotopic (exact) mass is 323 g/mol. The molecule has 2 aromatic rings. The summed E-state index contributed by atoms with van der Waals surface area (Å²) in [5, 5.41) is 0. The highest BCUT2D eigenvalue weighted by molar-refractivity contribution is 5.99. The summed E-state index contributed by atoms with van der Waals surface area (Å²) in [6, 6.07) is 15.8. The Morgan fingerprint density at radius 2 is 1.67 bits per heavy atom. The Hall–Kier alpha value is -2.49. The highest BCUT2D eigenvalue weighted by Crippen LogP contribution is 2.36. The minimum Gasteiger partial charge on any atom is -0.482 e. The molecule has 4 heteroatoms. The van der Waals surface area contributed by atoms with E-state index in [0.717, 1.165) is 18.5 Å². The lowest BCUT2D eigenvalue weighted by Gasteiger charge is -2.39. The topological polar surface area (TPSA) is 38.8 Å². The number of amides is 1. The normalized spacial score (nSPS) is 25.1. The van der Waals surface area contributed by atoms with Crippen LogP contribution in [0.1, 0.15) is 25.8 Å². The fourth-order valence-corrected chi connectivity index (χ4v) is 3.55. The summed E-state index contributed by atoms with van der Waals surface area (Å²) in [6.07, 6.45) is 1.00. The second-order valence-electron chi connectivity index (χ2n) is 6.53. The van der Waals surface area contributed by atoms with Gasteiger partial charge < -0.3 is 14.4 Å². The van der Waals surface area contributed by atoms with E-state index in [1.165, 1.54) is 5.56 Å². The zero-order valence-corrected chi connectivity index (χ0v) is 13.9. The Kier molecular flexibility index (Phi) is 3.68. The summed E-state index contributed by atoms with van der Waals surface area (Å²) >= 11 is 0. The number of para-hydroxylation sites is 3. The lowest BCUT2D eigenvalue weighted by Crippen LogP contribution is -2.54. The number of carbonyl (C=O) groups excluding carboxylic acids is 1. The molecule has 0 fully saturated rings. The van der Waals surface area contributed by atoms with Gasteiger partial charge in [0, 0.05) is 11.7 Å². The maximum atomic E-state index is 13.3. The molecular weight excluding hydrogens is 302 g/mol. The van der Waals surface area contributed by atoms with E-state index >= 15 is 0 Å². The molecule has 0 bridgehead atoms. The highest BCUT2D eigenvalue weighted by Gasteiger charge is 2.40. The molecule has 0 saturated heterocycles. The fraction of sp³-hybridized carbons (Fsp3) is 0.350. The molecule has 2 aromatic carbocycles. The molecule has 124 valence electrons. The number of carbonyl (C=O) groups is 1. The number of hydrogen-bond acceptors (Lipinski definition) is 3. The molecule has 0 radical (unpaired) electrons. The molecule has 4 nitrogen and oxygen atoms in total. The third-order valence-electron chi connectivity index (χ3n) is 4.85. The van der Waals surface area contributed by atoms with E-state index in [4.69, 9.17) is 9.47 Å². The number of rotatable bonds is 1. The maximum Gasteiger partial charge on any atom is 0.272 e. The first-order valence-corrected chi connectivity index (χ1v) is 8.48. The van der Waals surface area contributed by atoms with Crippen molar-refractivity contribution in [1.29, 1.82) is 0 Å².